The van der Waals surface area contributed by atoms with Gasteiger partial charge in [0.05, 0.1) is 12.6 Å². The number of benzene rings is 1. The number of carbonyl (C=O) groups is 1. The van der Waals surface area contributed by atoms with Crippen molar-refractivity contribution in [3.63, 3.8) is 0 Å². The van der Waals surface area contributed by atoms with Crippen molar-refractivity contribution in [2.24, 2.45) is 5.92 Å². The number of hydrogen-bond acceptors (Lipinski definition) is 3. The first-order chi connectivity index (χ1) is 10.1. The molecule has 1 amide bonds. The highest BCUT2D eigenvalue weighted by Gasteiger charge is 2.21. The second-order valence-corrected chi connectivity index (χ2v) is 6.04. The molecule has 1 heterocycles. The van der Waals surface area contributed by atoms with E-state index in [1.54, 1.807) is 0 Å². The SMILES string of the molecule is CC(C)COc1ccc(CCNC(=O)C2CCCN2)cc1. The van der Waals surface area contributed by atoms with Crippen LogP contribution in [-0.4, -0.2) is 31.6 Å². The smallest absolute Gasteiger partial charge is 0.237 e. The second kappa shape index (κ2) is 8.03. The average molecular weight is 290 g/mol. The lowest BCUT2D eigenvalue weighted by Crippen LogP contribution is -2.41. The molecule has 2 N–H and O–H groups in total. The molecule has 0 spiro atoms. The maximum atomic E-state index is 11.8. The fraction of sp³-hybridized carbons (Fsp3) is 0.588. The predicted octanol–water partition coefficient (Wildman–Crippen LogP) is 2.13. The Morgan fingerprint density at radius 3 is 2.76 bits per heavy atom. The molecule has 1 saturated heterocycles. The maximum absolute atomic E-state index is 11.8. The van der Waals surface area contributed by atoms with Gasteiger partial charge in [-0.1, -0.05) is 26.0 Å². The maximum Gasteiger partial charge on any atom is 0.237 e. The van der Waals surface area contributed by atoms with Crippen molar-refractivity contribution in [3.8, 4) is 5.75 Å². The molecule has 2 rings (SSSR count). The van der Waals surface area contributed by atoms with Crippen LogP contribution in [0.5, 0.6) is 5.75 Å². The Morgan fingerprint density at radius 1 is 1.38 bits per heavy atom. The van der Waals surface area contributed by atoms with Crippen molar-refractivity contribution in [1.82, 2.24) is 10.6 Å². The summed E-state index contributed by atoms with van der Waals surface area (Å²) in [6.45, 7) is 6.65. The highest BCUT2D eigenvalue weighted by molar-refractivity contribution is 5.81. The molecule has 1 aromatic carbocycles. The van der Waals surface area contributed by atoms with Gasteiger partial charge in [-0.3, -0.25) is 4.79 Å². The van der Waals surface area contributed by atoms with Gasteiger partial charge in [-0.25, -0.2) is 0 Å². The predicted molar refractivity (Wildman–Crippen MR) is 84.5 cm³/mol. The lowest BCUT2D eigenvalue weighted by atomic mass is 10.1. The lowest BCUT2D eigenvalue weighted by molar-refractivity contribution is -0.122. The van der Waals surface area contributed by atoms with Crippen LogP contribution in [0.1, 0.15) is 32.3 Å². The van der Waals surface area contributed by atoms with Gasteiger partial charge in [0.15, 0.2) is 0 Å². The van der Waals surface area contributed by atoms with E-state index in [-0.39, 0.29) is 11.9 Å². The third kappa shape index (κ3) is 5.38. The van der Waals surface area contributed by atoms with E-state index in [1.165, 1.54) is 5.56 Å². The first kappa shape index (κ1) is 15.8. The summed E-state index contributed by atoms with van der Waals surface area (Å²) in [5, 5.41) is 6.20. The molecular formula is C17H26N2O2. The quantitative estimate of drug-likeness (QED) is 0.809. The Bertz CT molecular complexity index is 437. The number of rotatable bonds is 7. The van der Waals surface area contributed by atoms with Gasteiger partial charge < -0.3 is 15.4 Å². The van der Waals surface area contributed by atoms with E-state index in [9.17, 15) is 4.79 Å². The van der Waals surface area contributed by atoms with Crippen molar-refractivity contribution in [2.75, 3.05) is 19.7 Å². The van der Waals surface area contributed by atoms with E-state index in [0.717, 1.165) is 38.2 Å². The summed E-state index contributed by atoms with van der Waals surface area (Å²) in [7, 11) is 0. The van der Waals surface area contributed by atoms with E-state index in [0.29, 0.717) is 12.5 Å². The van der Waals surface area contributed by atoms with Crippen molar-refractivity contribution in [2.45, 2.75) is 39.2 Å². The van der Waals surface area contributed by atoms with Crippen molar-refractivity contribution in [3.05, 3.63) is 29.8 Å². The van der Waals surface area contributed by atoms with Gasteiger partial charge in [0.25, 0.3) is 0 Å². The Kier molecular flexibility index (Phi) is 6.05. The summed E-state index contributed by atoms with van der Waals surface area (Å²) in [6.07, 6.45) is 2.90. The molecule has 0 bridgehead atoms. The number of hydrogen-bond donors (Lipinski definition) is 2. The molecule has 0 saturated carbocycles. The summed E-state index contributed by atoms with van der Waals surface area (Å²) >= 11 is 0. The highest BCUT2D eigenvalue weighted by atomic mass is 16.5. The van der Waals surface area contributed by atoms with Crippen molar-refractivity contribution in [1.29, 1.82) is 0 Å². The minimum absolute atomic E-state index is 0.0109. The molecule has 1 aromatic rings. The molecule has 0 radical (unpaired) electrons. The summed E-state index contributed by atoms with van der Waals surface area (Å²) in [6, 6.07) is 8.14. The fourth-order valence-electron chi connectivity index (χ4n) is 2.38. The molecule has 1 fully saturated rings. The summed E-state index contributed by atoms with van der Waals surface area (Å²) in [4.78, 5) is 11.8. The largest absolute Gasteiger partial charge is 0.493 e. The summed E-state index contributed by atoms with van der Waals surface area (Å²) < 4.78 is 5.65. The first-order valence-corrected chi connectivity index (χ1v) is 7.88. The summed E-state index contributed by atoms with van der Waals surface area (Å²) in [5.74, 6) is 1.57. The highest BCUT2D eigenvalue weighted by Crippen LogP contribution is 2.13. The average Bonchev–Trinajstić information content (AvgIpc) is 3.00. The first-order valence-electron chi connectivity index (χ1n) is 7.88. The van der Waals surface area contributed by atoms with E-state index in [4.69, 9.17) is 4.74 Å². The number of carbonyl (C=O) groups excluding carboxylic acids is 1. The minimum atomic E-state index is 0.0109. The van der Waals surface area contributed by atoms with E-state index >= 15 is 0 Å². The Labute approximate surface area is 127 Å². The van der Waals surface area contributed by atoms with Crippen LogP contribution in [0.4, 0.5) is 0 Å². The lowest BCUT2D eigenvalue weighted by Gasteiger charge is -2.11. The van der Waals surface area contributed by atoms with Gasteiger partial charge in [-0.05, 0) is 49.4 Å². The standard InChI is InChI=1S/C17H26N2O2/c1-13(2)12-21-15-7-5-14(6-8-15)9-11-19-17(20)16-4-3-10-18-16/h5-8,13,16,18H,3-4,9-12H2,1-2H3,(H,19,20). The summed E-state index contributed by atoms with van der Waals surface area (Å²) in [5.41, 5.74) is 1.21. The van der Waals surface area contributed by atoms with Crippen LogP contribution >= 0.6 is 0 Å². The molecule has 1 atom stereocenters. The third-order valence-corrected chi connectivity index (χ3v) is 3.60. The van der Waals surface area contributed by atoms with Crippen LogP contribution in [0, 0.1) is 5.92 Å². The molecule has 4 heteroatoms. The normalized spacial score (nSPS) is 18.0. The zero-order valence-corrected chi connectivity index (χ0v) is 13.0. The van der Waals surface area contributed by atoms with Gasteiger partial charge in [0.2, 0.25) is 5.91 Å². The monoisotopic (exact) mass is 290 g/mol. The number of nitrogens with one attached hydrogen (secondary N) is 2. The van der Waals surface area contributed by atoms with Crippen LogP contribution in [0.25, 0.3) is 0 Å². The Morgan fingerprint density at radius 2 is 2.14 bits per heavy atom. The fourth-order valence-corrected chi connectivity index (χ4v) is 2.38. The topological polar surface area (TPSA) is 50.4 Å². The zero-order valence-electron chi connectivity index (χ0n) is 13.0. The third-order valence-electron chi connectivity index (χ3n) is 3.60. The molecule has 21 heavy (non-hydrogen) atoms. The molecule has 4 nitrogen and oxygen atoms in total. The van der Waals surface area contributed by atoms with Gasteiger partial charge in [0.1, 0.15) is 5.75 Å². The molecular weight excluding hydrogens is 264 g/mol. The molecule has 1 unspecified atom stereocenters. The zero-order chi connectivity index (χ0) is 15.1. The molecule has 1 aliphatic rings. The molecule has 116 valence electrons. The van der Waals surface area contributed by atoms with Crippen LogP contribution in [-0.2, 0) is 11.2 Å². The van der Waals surface area contributed by atoms with Crippen LogP contribution in [0.2, 0.25) is 0 Å². The molecule has 0 aromatic heterocycles. The van der Waals surface area contributed by atoms with Crippen molar-refractivity contribution >= 4 is 5.91 Å². The van der Waals surface area contributed by atoms with Crippen LogP contribution < -0.4 is 15.4 Å². The Balaban J connectivity index is 1.69. The molecule has 1 aliphatic heterocycles. The number of ether oxygens (including phenoxy) is 1. The van der Waals surface area contributed by atoms with E-state index < -0.39 is 0 Å². The number of amides is 1. The van der Waals surface area contributed by atoms with Gasteiger partial charge in [0, 0.05) is 6.54 Å². The van der Waals surface area contributed by atoms with Crippen molar-refractivity contribution < 1.29 is 9.53 Å². The Hall–Kier alpha value is -1.55. The van der Waals surface area contributed by atoms with Gasteiger partial charge in [-0.15, -0.1) is 0 Å². The molecule has 0 aliphatic carbocycles. The van der Waals surface area contributed by atoms with Crippen LogP contribution in [0.15, 0.2) is 24.3 Å². The van der Waals surface area contributed by atoms with Gasteiger partial charge in [-0.2, -0.15) is 0 Å². The van der Waals surface area contributed by atoms with E-state index in [1.807, 2.05) is 12.1 Å². The van der Waals surface area contributed by atoms with Crippen LogP contribution in [0.3, 0.4) is 0 Å². The second-order valence-electron chi connectivity index (χ2n) is 6.04. The van der Waals surface area contributed by atoms with Gasteiger partial charge >= 0.3 is 0 Å². The van der Waals surface area contributed by atoms with E-state index in [2.05, 4.69) is 36.6 Å². The minimum Gasteiger partial charge on any atom is -0.493 e.